The van der Waals surface area contributed by atoms with E-state index in [4.69, 9.17) is 28.4 Å². The Morgan fingerprint density at radius 2 is 0.706 bits per heavy atom. The lowest BCUT2D eigenvalue weighted by Gasteiger charge is -2.32. The van der Waals surface area contributed by atoms with Crippen LogP contribution in [-0.2, 0) is 28.4 Å². The van der Waals surface area contributed by atoms with Crippen LogP contribution in [0.4, 0.5) is 17.1 Å². The molecule has 0 aromatic heterocycles. The molecule has 0 unspecified atom stereocenters. The van der Waals surface area contributed by atoms with Gasteiger partial charge >= 0.3 is 17.9 Å². The number of hydrogen-bond donors (Lipinski definition) is 0. The zero-order valence-electron chi connectivity index (χ0n) is 31.0. The maximum Gasteiger partial charge on any atom is 0.338 e. The molecular weight excluding hydrogens is 654 g/mol. The van der Waals surface area contributed by atoms with Gasteiger partial charge in [0.1, 0.15) is 19.8 Å². The van der Waals surface area contributed by atoms with E-state index in [1.54, 1.807) is 36.4 Å². The van der Waals surface area contributed by atoms with E-state index in [1.165, 1.54) is 0 Å². The third-order valence-corrected chi connectivity index (χ3v) is 8.22. The Bertz CT molecular complexity index is 1310. The Morgan fingerprint density at radius 1 is 0.451 bits per heavy atom. The Balaban J connectivity index is 1.48. The van der Waals surface area contributed by atoms with Gasteiger partial charge in [-0.15, -0.1) is 0 Å². The van der Waals surface area contributed by atoms with Crippen molar-refractivity contribution < 1.29 is 42.8 Å². The molecule has 0 bridgehead atoms. The van der Waals surface area contributed by atoms with Crippen LogP contribution in [0.25, 0.3) is 0 Å². The molecule has 0 saturated carbocycles. The average molecular weight is 708 g/mol. The number of nitrogens with zero attached hydrogens (tertiary/aromatic N) is 3. The van der Waals surface area contributed by atoms with Gasteiger partial charge in [0, 0.05) is 64.8 Å². The summed E-state index contributed by atoms with van der Waals surface area (Å²) < 4.78 is 34.1. The van der Waals surface area contributed by atoms with Gasteiger partial charge in [0.25, 0.3) is 0 Å². The predicted molar refractivity (Wildman–Crippen MR) is 198 cm³/mol. The number of hydrogen-bond acceptors (Lipinski definition) is 12. The van der Waals surface area contributed by atoms with Crippen molar-refractivity contribution in [1.82, 2.24) is 0 Å². The Kier molecular flexibility index (Phi) is 16.7. The van der Waals surface area contributed by atoms with Gasteiger partial charge in [0.05, 0.1) is 56.3 Å². The van der Waals surface area contributed by atoms with E-state index >= 15 is 0 Å². The molecule has 0 aliphatic rings. The Hall–Kier alpha value is -4.65. The highest BCUT2D eigenvalue weighted by atomic mass is 16.6. The van der Waals surface area contributed by atoms with Gasteiger partial charge in [-0.05, 0) is 79.2 Å². The van der Waals surface area contributed by atoms with Gasteiger partial charge in [-0.2, -0.15) is 0 Å². The summed E-state index contributed by atoms with van der Waals surface area (Å²) in [5.74, 6) is -1.28. The maximum absolute atomic E-state index is 12.5. The molecule has 3 aromatic rings. The van der Waals surface area contributed by atoms with Crippen molar-refractivity contribution in [2.75, 3.05) is 116 Å². The molecule has 0 N–H and O–H groups in total. The van der Waals surface area contributed by atoms with Crippen LogP contribution in [-0.4, -0.2) is 120 Å². The normalized spacial score (nSPS) is 11.1. The fourth-order valence-electron chi connectivity index (χ4n) is 4.81. The lowest BCUT2D eigenvalue weighted by Crippen LogP contribution is -2.38. The first kappa shape index (κ1) is 40.8. The monoisotopic (exact) mass is 707 g/mol. The number of carbonyl (C=O) groups is 3. The average Bonchev–Trinajstić information content (AvgIpc) is 3.13. The number of carbonyl (C=O) groups excluding carboxylic acids is 3. The number of rotatable bonds is 22. The molecule has 0 saturated heterocycles. The van der Waals surface area contributed by atoms with Crippen LogP contribution in [0.1, 0.15) is 44.4 Å². The molecule has 0 fully saturated rings. The molecule has 3 rings (SSSR count). The first-order chi connectivity index (χ1) is 24.4. The third-order valence-electron chi connectivity index (χ3n) is 8.22. The minimum Gasteiger partial charge on any atom is -0.460 e. The van der Waals surface area contributed by atoms with E-state index in [2.05, 4.69) is 0 Å². The summed E-state index contributed by atoms with van der Waals surface area (Å²) in [7, 11) is 11.6. The molecule has 0 heterocycles. The van der Waals surface area contributed by atoms with E-state index < -0.39 is 23.3 Å². The van der Waals surface area contributed by atoms with Crippen LogP contribution in [0.5, 0.6) is 0 Å². The van der Waals surface area contributed by atoms with Crippen molar-refractivity contribution in [2.24, 2.45) is 5.41 Å². The summed E-state index contributed by atoms with van der Waals surface area (Å²) in [6, 6.07) is 21.5. The zero-order chi connectivity index (χ0) is 37.2. The summed E-state index contributed by atoms with van der Waals surface area (Å²) in [6.07, 6.45) is 0.640. The summed E-state index contributed by atoms with van der Waals surface area (Å²) in [5.41, 5.74) is 3.77. The molecule has 0 spiro atoms. The standard InChI is InChI=1S/C39H53N3O9/c1-8-39(27-46-21-24-49-36(43)30-9-15-33(16-10-30)40(2)3,28-47-22-25-50-37(44)31-11-17-34(18-12-31)41(4)5)29-48-23-26-51-38(45)32-13-19-35(20-14-32)42(6)7/h9-20H,8,21-29H2,1-7H3. The minimum atomic E-state index is -0.565. The first-order valence-corrected chi connectivity index (χ1v) is 17.0. The Labute approximate surface area is 302 Å². The second kappa shape index (κ2) is 20.9. The molecular formula is C39H53N3O9. The van der Waals surface area contributed by atoms with Crippen LogP contribution in [0, 0.1) is 5.41 Å². The van der Waals surface area contributed by atoms with Crippen LogP contribution < -0.4 is 14.7 Å². The molecule has 12 heteroatoms. The fraction of sp³-hybridized carbons (Fsp3) is 0.462. The summed E-state index contributed by atoms with van der Waals surface area (Å²) >= 11 is 0. The smallest absolute Gasteiger partial charge is 0.338 e. The SMILES string of the molecule is CCC(COCCOC(=O)c1ccc(N(C)C)cc1)(COCCOC(=O)c1ccc(N(C)C)cc1)COCCOC(=O)c1ccc(N(C)C)cc1. The van der Waals surface area contributed by atoms with E-state index in [0.29, 0.717) is 23.1 Å². The molecule has 0 aliphatic carbocycles. The van der Waals surface area contributed by atoms with Crippen molar-refractivity contribution in [3.63, 3.8) is 0 Å². The van der Waals surface area contributed by atoms with Gasteiger partial charge < -0.3 is 43.1 Å². The number of benzene rings is 3. The van der Waals surface area contributed by atoms with E-state index in [1.807, 2.05) is 100 Å². The van der Waals surface area contributed by atoms with Gasteiger partial charge in [-0.1, -0.05) is 6.92 Å². The van der Waals surface area contributed by atoms with Crippen LogP contribution >= 0.6 is 0 Å². The molecule has 0 atom stereocenters. The highest BCUT2D eigenvalue weighted by molar-refractivity contribution is 5.90. The molecule has 3 aromatic carbocycles. The largest absolute Gasteiger partial charge is 0.460 e. The van der Waals surface area contributed by atoms with Crippen molar-refractivity contribution in [1.29, 1.82) is 0 Å². The summed E-state index contributed by atoms with van der Waals surface area (Å²) in [4.78, 5) is 43.4. The molecule has 0 amide bonds. The van der Waals surface area contributed by atoms with E-state index in [-0.39, 0.29) is 59.5 Å². The van der Waals surface area contributed by atoms with Crippen LogP contribution in [0.15, 0.2) is 72.8 Å². The third kappa shape index (κ3) is 13.5. The first-order valence-electron chi connectivity index (χ1n) is 17.0. The van der Waals surface area contributed by atoms with Crippen LogP contribution in [0.2, 0.25) is 0 Å². The fourth-order valence-corrected chi connectivity index (χ4v) is 4.81. The second-order valence-electron chi connectivity index (χ2n) is 12.7. The molecule has 0 radical (unpaired) electrons. The quantitative estimate of drug-likeness (QED) is 0.0777. The topological polar surface area (TPSA) is 116 Å². The second-order valence-corrected chi connectivity index (χ2v) is 12.7. The number of esters is 3. The van der Waals surface area contributed by atoms with Crippen LogP contribution in [0.3, 0.4) is 0 Å². The lowest BCUT2D eigenvalue weighted by atomic mass is 9.88. The summed E-state index contributed by atoms with van der Waals surface area (Å²) in [6.45, 7) is 3.54. The minimum absolute atomic E-state index is 0.0761. The van der Waals surface area contributed by atoms with Gasteiger partial charge in [-0.25, -0.2) is 14.4 Å². The zero-order valence-corrected chi connectivity index (χ0v) is 31.0. The molecule has 51 heavy (non-hydrogen) atoms. The Morgan fingerprint density at radius 3 is 0.922 bits per heavy atom. The molecule has 0 aliphatic heterocycles. The lowest BCUT2D eigenvalue weighted by molar-refractivity contribution is -0.0837. The van der Waals surface area contributed by atoms with Gasteiger partial charge in [-0.3, -0.25) is 0 Å². The van der Waals surface area contributed by atoms with Crippen molar-refractivity contribution in [3.05, 3.63) is 89.5 Å². The van der Waals surface area contributed by atoms with E-state index in [0.717, 1.165) is 17.1 Å². The van der Waals surface area contributed by atoms with Gasteiger partial charge in [0.2, 0.25) is 0 Å². The molecule has 278 valence electrons. The summed E-state index contributed by atoms with van der Waals surface area (Å²) in [5, 5.41) is 0. The maximum atomic E-state index is 12.5. The number of ether oxygens (including phenoxy) is 6. The highest BCUT2D eigenvalue weighted by Crippen LogP contribution is 2.24. The van der Waals surface area contributed by atoms with Gasteiger partial charge in [0.15, 0.2) is 0 Å². The van der Waals surface area contributed by atoms with E-state index in [9.17, 15) is 14.4 Å². The number of anilines is 3. The molecule has 12 nitrogen and oxygen atoms in total. The highest BCUT2D eigenvalue weighted by Gasteiger charge is 2.30. The van der Waals surface area contributed by atoms with Crippen molar-refractivity contribution in [3.8, 4) is 0 Å². The van der Waals surface area contributed by atoms with Crippen molar-refractivity contribution >= 4 is 35.0 Å². The van der Waals surface area contributed by atoms with Crippen molar-refractivity contribution in [2.45, 2.75) is 13.3 Å². The predicted octanol–water partition coefficient (Wildman–Crippen LogP) is 5.20.